The number of benzene rings is 1. The van der Waals surface area contributed by atoms with Crippen LogP contribution in [0.25, 0.3) is 0 Å². The molecule has 9 heteroatoms. The molecule has 0 aliphatic carbocycles. The van der Waals surface area contributed by atoms with E-state index in [9.17, 15) is 9.59 Å². The quantitative estimate of drug-likeness (QED) is 0.243. The van der Waals surface area contributed by atoms with Crippen LogP contribution in [0.3, 0.4) is 0 Å². The smallest absolute Gasteiger partial charge is 0.147 e. The molecule has 1 aromatic carbocycles. The summed E-state index contributed by atoms with van der Waals surface area (Å²) in [7, 11) is 1.63. The van der Waals surface area contributed by atoms with Gasteiger partial charge in [-0.15, -0.1) is 24.8 Å². The molecule has 1 aromatic rings. The Morgan fingerprint density at radius 2 is 2.00 bits per heavy atom. The van der Waals surface area contributed by atoms with Crippen molar-refractivity contribution in [1.29, 1.82) is 0 Å². The molecule has 1 saturated heterocycles. The van der Waals surface area contributed by atoms with E-state index >= 15 is 0 Å². The second-order valence-electron chi connectivity index (χ2n) is 5.17. The van der Waals surface area contributed by atoms with Crippen molar-refractivity contribution < 1.29 is 38.9 Å². The number of hydrogen-bond donors (Lipinski definition) is 1. The summed E-state index contributed by atoms with van der Waals surface area (Å²) < 4.78 is 5.36. The van der Waals surface area contributed by atoms with Gasteiger partial charge in [-0.05, 0) is 0 Å². The van der Waals surface area contributed by atoms with Gasteiger partial charge in [-0.2, -0.15) is 0 Å². The fourth-order valence-electron chi connectivity index (χ4n) is 2.33. The van der Waals surface area contributed by atoms with Crippen molar-refractivity contribution in [1.82, 2.24) is 4.90 Å². The number of nitrogens with two attached hydrogens (primary N) is 1. The third-order valence-electron chi connectivity index (χ3n) is 3.48. The van der Waals surface area contributed by atoms with Crippen LogP contribution < -0.4 is 5.73 Å². The number of ether oxygens (including phenoxy) is 1. The third kappa shape index (κ3) is 5.11. The zero-order valence-electron chi connectivity index (χ0n) is 13.2. The molecule has 24 heavy (non-hydrogen) atoms. The van der Waals surface area contributed by atoms with Crippen molar-refractivity contribution in [2.45, 2.75) is 31.0 Å². The van der Waals surface area contributed by atoms with Crippen molar-refractivity contribution in [2.24, 2.45) is 5.73 Å². The first-order valence-electron chi connectivity index (χ1n) is 6.82. The van der Waals surface area contributed by atoms with E-state index in [-0.39, 0.29) is 42.7 Å². The van der Waals surface area contributed by atoms with Crippen molar-refractivity contribution in [3.05, 3.63) is 48.0 Å². The fourth-order valence-corrected chi connectivity index (χ4v) is 7.33. The SMILES string of the molecule is C=C(C)C(C(=O)OCc1ccccc1)N1C(=O)C(N)C1[S][Hg].Cl.Cl. The molecule has 1 aliphatic rings. The summed E-state index contributed by atoms with van der Waals surface area (Å²) in [5.74, 6) is -0.670. The summed E-state index contributed by atoms with van der Waals surface area (Å²) >= 11 is 0.423. The Labute approximate surface area is 172 Å². The van der Waals surface area contributed by atoms with E-state index in [0.29, 0.717) is 30.2 Å². The van der Waals surface area contributed by atoms with Gasteiger partial charge in [-0.3, -0.25) is 0 Å². The standard InChI is InChI=1S/C15H18N2O3S.2ClH.Hg/c1-9(2)12(17-13(18)11(16)14(17)21)15(19)20-8-10-6-4-3-5-7-10;;;/h3-7,11-12,14,21H,1,8,16H2,2H3;2*1H;/q;;;+1/p-1. The van der Waals surface area contributed by atoms with Gasteiger partial charge in [0.05, 0.1) is 0 Å². The first-order chi connectivity index (χ1) is 10.5. The van der Waals surface area contributed by atoms with Crippen molar-refractivity contribution >= 4 is 44.9 Å². The van der Waals surface area contributed by atoms with Crippen LogP contribution >= 0.6 is 33.1 Å². The maximum atomic E-state index is 12.4. The largest absolute Gasteiger partial charge is 0.147 e. The molecule has 0 spiro atoms. The molecule has 2 rings (SSSR count). The molecule has 3 atom stereocenters. The molecule has 0 bridgehead atoms. The van der Waals surface area contributed by atoms with Gasteiger partial charge in [0.15, 0.2) is 0 Å². The predicted octanol–water partition coefficient (Wildman–Crippen LogP) is 2.21. The van der Waals surface area contributed by atoms with Gasteiger partial charge in [-0.25, -0.2) is 0 Å². The maximum Gasteiger partial charge on any atom is -0.147 e. The van der Waals surface area contributed by atoms with Crippen LogP contribution in [0.5, 0.6) is 0 Å². The van der Waals surface area contributed by atoms with E-state index in [2.05, 4.69) is 6.58 Å². The summed E-state index contributed by atoms with van der Waals surface area (Å²) in [5.41, 5.74) is 7.30. The van der Waals surface area contributed by atoms with Gasteiger partial charge in [0, 0.05) is 0 Å². The number of halogens is 2. The number of rotatable bonds is 6. The number of esters is 1. The van der Waals surface area contributed by atoms with Crippen LogP contribution in [0.1, 0.15) is 12.5 Å². The molecule has 1 aliphatic heterocycles. The molecule has 3 unspecified atom stereocenters. The molecule has 1 heterocycles. The number of β-lactam (4-membered cyclic amide) rings is 1. The summed E-state index contributed by atoms with van der Waals surface area (Å²) in [4.78, 5) is 25.9. The molecule has 1 fully saturated rings. The average Bonchev–Trinajstić information content (AvgIpc) is 2.52. The predicted molar refractivity (Wildman–Crippen MR) is 95.5 cm³/mol. The van der Waals surface area contributed by atoms with E-state index in [0.717, 1.165) is 5.56 Å². The fraction of sp³-hybridized carbons (Fsp3) is 0.333. The third-order valence-corrected chi connectivity index (χ3v) is 8.33. The van der Waals surface area contributed by atoms with Crippen LogP contribution in [0.2, 0.25) is 0 Å². The number of amides is 1. The summed E-state index contributed by atoms with van der Waals surface area (Å²) in [6.45, 7) is 5.74. The first-order valence-corrected chi connectivity index (χ1v) is 14.6. The number of likely N-dealkylation sites (tertiary alicyclic amines) is 1. The van der Waals surface area contributed by atoms with Gasteiger partial charge >= 0.3 is 149 Å². The minimum Gasteiger partial charge on any atom is -0.147 e. The van der Waals surface area contributed by atoms with E-state index in [1.165, 1.54) is 4.90 Å². The Bertz CT molecular complexity index is 591. The summed E-state index contributed by atoms with van der Waals surface area (Å²) in [6.07, 6.45) is 0. The zero-order chi connectivity index (χ0) is 16.3. The molecular formula is C15H19Cl2HgN2O3S. The Morgan fingerprint density at radius 1 is 1.42 bits per heavy atom. The van der Waals surface area contributed by atoms with E-state index in [1.54, 1.807) is 15.2 Å². The number of hydrogen-bond acceptors (Lipinski definition) is 5. The molecule has 0 saturated carbocycles. The Morgan fingerprint density at radius 3 is 2.50 bits per heavy atom. The van der Waals surface area contributed by atoms with Gasteiger partial charge in [0.1, 0.15) is 0 Å². The van der Waals surface area contributed by atoms with Crippen LogP contribution in [0.15, 0.2) is 42.5 Å². The minimum absolute atomic E-state index is 0. The topological polar surface area (TPSA) is 72.6 Å². The second-order valence-corrected chi connectivity index (χ2v) is 9.87. The van der Waals surface area contributed by atoms with E-state index < -0.39 is 18.1 Å². The summed E-state index contributed by atoms with van der Waals surface area (Å²) in [5, 5.41) is -0.137. The van der Waals surface area contributed by atoms with E-state index in [4.69, 9.17) is 10.5 Å². The number of nitrogens with zero attached hydrogens (tertiary/aromatic N) is 1. The monoisotopic (exact) mass is 579 g/mol. The van der Waals surface area contributed by atoms with Gasteiger partial charge in [-0.1, -0.05) is 0 Å². The second kappa shape index (κ2) is 10.7. The average molecular weight is 579 g/mol. The number of carbonyl (C=O) groups excluding carboxylic acids is 2. The first kappa shape index (κ1) is 23.7. The normalized spacial score (nSPS) is 20.2. The van der Waals surface area contributed by atoms with Crippen molar-refractivity contribution in [2.75, 3.05) is 0 Å². The zero-order valence-corrected chi connectivity index (χ0v) is 21.2. The molecule has 5 nitrogen and oxygen atoms in total. The van der Waals surface area contributed by atoms with Crippen LogP contribution in [0, 0.1) is 0 Å². The number of carbonyl (C=O) groups is 2. The molecular weight excluding hydrogens is 560 g/mol. The van der Waals surface area contributed by atoms with Crippen LogP contribution in [-0.2, 0) is 45.5 Å². The summed E-state index contributed by atoms with van der Waals surface area (Å²) in [6, 6.07) is 8.15. The van der Waals surface area contributed by atoms with E-state index in [1.807, 2.05) is 30.3 Å². The van der Waals surface area contributed by atoms with Crippen molar-refractivity contribution in [3.8, 4) is 0 Å². The van der Waals surface area contributed by atoms with Gasteiger partial charge < -0.3 is 0 Å². The molecule has 1 amide bonds. The van der Waals surface area contributed by atoms with Crippen molar-refractivity contribution in [3.63, 3.8) is 0 Å². The maximum absolute atomic E-state index is 12.4. The molecule has 2 N–H and O–H groups in total. The molecule has 0 radical (unpaired) electrons. The minimum atomic E-state index is -0.753. The van der Waals surface area contributed by atoms with Crippen LogP contribution in [-0.4, -0.2) is 34.2 Å². The van der Waals surface area contributed by atoms with Crippen LogP contribution in [0.4, 0.5) is 0 Å². The molecule has 0 aromatic heterocycles. The van der Waals surface area contributed by atoms with Gasteiger partial charge in [0.2, 0.25) is 0 Å². The molecule has 129 valence electrons. The Hall–Kier alpha value is -0.275. The Balaban J connectivity index is 0.00000264. The Kier molecular flexibility index (Phi) is 10.5. The van der Waals surface area contributed by atoms with Gasteiger partial charge in [0.25, 0.3) is 0 Å².